The number of carbonyl (C=O) groups excluding carboxylic acids is 1. The number of hydrogen-bond donors (Lipinski definition) is 3. The van der Waals surface area contributed by atoms with Crippen LogP contribution in [0.5, 0.6) is 5.75 Å². The number of nitrogens with one attached hydrogen (secondary N) is 2. The second-order valence-electron chi connectivity index (χ2n) is 10.6. The maximum atomic E-state index is 11.3. The molecule has 1 atom stereocenters. The van der Waals surface area contributed by atoms with Gasteiger partial charge in [0.05, 0.1) is 7.11 Å². The molecule has 35 heavy (non-hydrogen) atoms. The van der Waals surface area contributed by atoms with Crippen LogP contribution in [0.1, 0.15) is 52.0 Å². The lowest BCUT2D eigenvalue weighted by molar-refractivity contribution is -0.107. The zero-order valence-corrected chi connectivity index (χ0v) is 21.5. The van der Waals surface area contributed by atoms with Crippen LogP contribution in [0.15, 0.2) is 42.5 Å². The van der Waals surface area contributed by atoms with Gasteiger partial charge in [0.15, 0.2) is 0 Å². The predicted molar refractivity (Wildman–Crippen MR) is 140 cm³/mol. The van der Waals surface area contributed by atoms with E-state index in [1.54, 1.807) is 19.1 Å². The van der Waals surface area contributed by atoms with Crippen molar-refractivity contribution in [2.24, 2.45) is 11.3 Å². The number of benzene rings is 2. The first-order valence-electron chi connectivity index (χ1n) is 12.3. The molecule has 0 radical (unpaired) electrons. The van der Waals surface area contributed by atoms with Crippen molar-refractivity contribution in [1.82, 2.24) is 10.6 Å². The number of ether oxygens (including phenoxy) is 1. The molecule has 0 bridgehead atoms. The SMILES string of the molecule is COc1ccc(-c2ccc(N(C)C=O)cc2)cc1CNC1CCC(C(NC(=O)O)C(C)(C)C)CC1. The predicted octanol–water partition coefficient (Wildman–Crippen LogP) is 5.29. The van der Waals surface area contributed by atoms with E-state index >= 15 is 0 Å². The van der Waals surface area contributed by atoms with Crippen LogP contribution in [-0.2, 0) is 11.3 Å². The fourth-order valence-electron chi connectivity index (χ4n) is 5.13. The molecular formula is C28H39N3O4. The Bertz CT molecular complexity index is 992. The number of amides is 2. The Morgan fingerprint density at radius 2 is 1.74 bits per heavy atom. The second-order valence-corrected chi connectivity index (χ2v) is 10.6. The summed E-state index contributed by atoms with van der Waals surface area (Å²) in [7, 11) is 3.43. The van der Waals surface area contributed by atoms with Crippen LogP contribution in [0, 0.1) is 11.3 Å². The van der Waals surface area contributed by atoms with Gasteiger partial charge in [0.2, 0.25) is 6.41 Å². The molecule has 1 aliphatic rings. The van der Waals surface area contributed by atoms with Gasteiger partial charge in [0.25, 0.3) is 0 Å². The van der Waals surface area contributed by atoms with Crippen LogP contribution < -0.4 is 20.3 Å². The summed E-state index contributed by atoms with van der Waals surface area (Å²) in [5.41, 5.74) is 4.01. The molecule has 1 aliphatic carbocycles. The molecule has 2 amide bonds. The van der Waals surface area contributed by atoms with Gasteiger partial charge in [-0.15, -0.1) is 0 Å². The fraction of sp³-hybridized carbons (Fsp3) is 0.500. The minimum Gasteiger partial charge on any atom is -0.496 e. The summed E-state index contributed by atoms with van der Waals surface area (Å²) >= 11 is 0. The first-order valence-corrected chi connectivity index (χ1v) is 12.3. The number of rotatable bonds is 9. The summed E-state index contributed by atoms with van der Waals surface area (Å²) in [4.78, 5) is 23.9. The molecule has 0 aromatic heterocycles. The van der Waals surface area contributed by atoms with E-state index in [1.807, 2.05) is 36.4 Å². The molecule has 7 heteroatoms. The van der Waals surface area contributed by atoms with Gasteiger partial charge in [0.1, 0.15) is 5.75 Å². The number of carbonyl (C=O) groups is 2. The Labute approximate surface area is 208 Å². The summed E-state index contributed by atoms with van der Waals surface area (Å²) in [5.74, 6) is 1.20. The molecule has 2 aromatic rings. The van der Waals surface area contributed by atoms with E-state index in [1.165, 1.54) is 0 Å². The van der Waals surface area contributed by atoms with E-state index in [0.29, 0.717) is 18.5 Å². The number of carboxylic acid groups (broad SMARTS) is 1. The lowest BCUT2D eigenvalue weighted by Gasteiger charge is -2.40. The van der Waals surface area contributed by atoms with Crippen molar-refractivity contribution in [3.8, 4) is 16.9 Å². The summed E-state index contributed by atoms with van der Waals surface area (Å²) in [6.45, 7) is 7.01. The highest BCUT2D eigenvalue weighted by Crippen LogP contribution is 2.35. The van der Waals surface area contributed by atoms with Crippen LogP contribution in [0.25, 0.3) is 11.1 Å². The van der Waals surface area contributed by atoms with E-state index in [-0.39, 0.29) is 11.5 Å². The molecule has 0 saturated heterocycles. The van der Waals surface area contributed by atoms with Crippen LogP contribution in [0.3, 0.4) is 0 Å². The molecule has 1 fully saturated rings. The molecule has 7 nitrogen and oxygen atoms in total. The van der Waals surface area contributed by atoms with E-state index in [9.17, 15) is 14.7 Å². The van der Waals surface area contributed by atoms with E-state index in [4.69, 9.17) is 4.74 Å². The maximum absolute atomic E-state index is 11.3. The summed E-state index contributed by atoms with van der Waals surface area (Å²) in [6, 6.07) is 14.5. The third-order valence-corrected chi connectivity index (χ3v) is 7.08. The zero-order chi connectivity index (χ0) is 25.6. The average Bonchev–Trinajstić information content (AvgIpc) is 2.85. The zero-order valence-electron chi connectivity index (χ0n) is 21.5. The van der Waals surface area contributed by atoms with Crippen LogP contribution in [0.4, 0.5) is 10.5 Å². The van der Waals surface area contributed by atoms with Crippen LogP contribution in [0.2, 0.25) is 0 Å². The molecule has 3 rings (SSSR count). The van der Waals surface area contributed by atoms with E-state index in [2.05, 4.69) is 37.5 Å². The van der Waals surface area contributed by atoms with Gasteiger partial charge in [-0.3, -0.25) is 4.79 Å². The van der Waals surface area contributed by atoms with Crippen molar-refractivity contribution < 1.29 is 19.4 Å². The van der Waals surface area contributed by atoms with Crippen molar-refractivity contribution in [2.45, 2.75) is 65.1 Å². The lowest BCUT2D eigenvalue weighted by Crippen LogP contribution is -2.50. The fourth-order valence-corrected chi connectivity index (χ4v) is 5.13. The first kappa shape index (κ1) is 26.5. The highest BCUT2D eigenvalue weighted by atomic mass is 16.5. The highest BCUT2D eigenvalue weighted by Gasteiger charge is 2.35. The average molecular weight is 482 g/mol. The largest absolute Gasteiger partial charge is 0.496 e. The number of hydrogen-bond acceptors (Lipinski definition) is 4. The third-order valence-electron chi connectivity index (χ3n) is 7.08. The number of anilines is 1. The number of nitrogens with zero attached hydrogens (tertiary/aromatic N) is 1. The van der Waals surface area contributed by atoms with E-state index in [0.717, 1.165) is 60.2 Å². The molecule has 3 N–H and O–H groups in total. The van der Waals surface area contributed by atoms with Crippen molar-refractivity contribution in [2.75, 3.05) is 19.1 Å². The quantitative estimate of drug-likeness (QED) is 0.424. The lowest BCUT2D eigenvalue weighted by atomic mass is 9.72. The van der Waals surface area contributed by atoms with Gasteiger partial charge in [-0.2, -0.15) is 0 Å². The summed E-state index contributed by atoms with van der Waals surface area (Å²) < 4.78 is 5.61. The second kappa shape index (κ2) is 11.6. The van der Waals surface area contributed by atoms with Crippen molar-refractivity contribution in [3.63, 3.8) is 0 Å². The Kier molecular flexibility index (Phi) is 8.78. The molecule has 190 valence electrons. The van der Waals surface area contributed by atoms with Crippen molar-refractivity contribution >= 4 is 18.2 Å². The van der Waals surface area contributed by atoms with Gasteiger partial charge in [-0.05, 0) is 72.4 Å². The van der Waals surface area contributed by atoms with E-state index < -0.39 is 6.09 Å². The molecular weight excluding hydrogens is 442 g/mol. The third kappa shape index (κ3) is 6.98. The minimum absolute atomic E-state index is 0.0459. The monoisotopic (exact) mass is 481 g/mol. The summed E-state index contributed by atoms with van der Waals surface area (Å²) in [6.07, 6.45) is 3.89. The van der Waals surface area contributed by atoms with Gasteiger partial charge < -0.3 is 25.4 Å². The Morgan fingerprint density at radius 3 is 2.29 bits per heavy atom. The minimum atomic E-state index is -0.942. The molecule has 1 unspecified atom stereocenters. The normalized spacial score (nSPS) is 19.0. The topological polar surface area (TPSA) is 90.9 Å². The standard InChI is InChI=1S/C28H39N3O4/c1-28(2,3)26(30-27(33)34)20-6-11-23(12-7-20)29-17-22-16-21(10-15-25(22)35-5)19-8-13-24(14-9-19)31(4)18-32/h8-10,13-16,18,20,23,26,29-30H,6-7,11-12,17H2,1-5H3,(H,33,34). The Balaban J connectivity index is 1.64. The first-order chi connectivity index (χ1) is 16.6. The molecule has 0 heterocycles. The maximum Gasteiger partial charge on any atom is 0.404 e. The van der Waals surface area contributed by atoms with Crippen molar-refractivity contribution in [3.05, 3.63) is 48.0 Å². The highest BCUT2D eigenvalue weighted by molar-refractivity contribution is 5.76. The Hall–Kier alpha value is -3.06. The van der Waals surface area contributed by atoms with Crippen molar-refractivity contribution in [1.29, 1.82) is 0 Å². The van der Waals surface area contributed by atoms with Gasteiger partial charge in [0, 0.05) is 36.9 Å². The summed E-state index contributed by atoms with van der Waals surface area (Å²) in [5, 5.41) is 15.8. The van der Waals surface area contributed by atoms with Crippen LogP contribution in [-0.4, -0.2) is 43.9 Å². The van der Waals surface area contributed by atoms with Gasteiger partial charge in [-0.25, -0.2) is 4.79 Å². The Morgan fingerprint density at radius 1 is 1.11 bits per heavy atom. The molecule has 0 spiro atoms. The van der Waals surface area contributed by atoms with Crippen LogP contribution >= 0.6 is 0 Å². The molecule has 0 aliphatic heterocycles. The molecule has 2 aromatic carbocycles. The molecule has 1 saturated carbocycles. The van der Waals surface area contributed by atoms with Gasteiger partial charge >= 0.3 is 6.09 Å². The number of methoxy groups -OCH3 is 1. The van der Waals surface area contributed by atoms with Gasteiger partial charge in [-0.1, -0.05) is 39.0 Å². The smallest absolute Gasteiger partial charge is 0.404 e.